The highest BCUT2D eigenvalue weighted by atomic mass is 15.0. The van der Waals surface area contributed by atoms with Crippen molar-refractivity contribution in [2.24, 2.45) is 4.99 Å². The smallest absolute Gasteiger partial charge is 0.0668 e. The first-order chi connectivity index (χ1) is 27.0. The van der Waals surface area contributed by atoms with E-state index in [4.69, 9.17) is 4.99 Å². The van der Waals surface area contributed by atoms with Crippen molar-refractivity contribution in [1.82, 2.24) is 4.57 Å². The van der Waals surface area contributed by atoms with E-state index in [2.05, 4.69) is 182 Å². The highest BCUT2D eigenvalue weighted by molar-refractivity contribution is 6.23. The van der Waals surface area contributed by atoms with E-state index in [-0.39, 0.29) is 10.8 Å². The van der Waals surface area contributed by atoms with Gasteiger partial charge in [-0.2, -0.15) is 0 Å². The van der Waals surface area contributed by atoms with E-state index < -0.39 is 0 Å². The summed E-state index contributed by atoms with van der Waals surface area (Å²) in [5.74, 6) is 0.482. The molecule has 13 rings (SSSR count). The Labute approximate surface area is 320 Å². The van der Waals surface area contributed by atoms with Crippen LogP contribution in [0.25, 0.3) is 71.6 Å². The molecule has 9 aromatic rings. The van der Waals surface area contributed by atoms with Gasteiger partial charge in [-0.3, -0.25) is 4.99 Å². The minimum Gasteiger partial charge on any atom is -0.309 e. The van der Waals surface area contributed by atoms with Gasteiger partial charge in [0.25, 0.3) is 0 Å². The fraction of sp³-hybridized carbons (Fsp3) is 0.113. The number of aromatic nitrogens is 1. The van der Waals surface area contributed by atoms with Gasteiger partial charge in [-0.15, -0.1) is 0 Å². The molecule has 2 nitrogen and oxygen atoms in total. The van der Waals surface area contributed by atoms with Gasteiger partial charge in [0.15, 0.2) is 0 Å². The number of para-hydroxylation sites is 2. The predicted octanol–water partition coefficient (Wildman–Crippen LogP) is 13.5. The van der Waals surface area contributed by atoms with Crippen molar-refractivity contribution in [1.29, 1.82) is 0 Å². The Balaban J connectivity index is 1.05. The van der Waals surface area contributed by atoms with E-state index in [1.807, 2.05) is 0 Å². The van der Waals surface area contributed by atoms with Gasteiger partial charge in [-0.05, 0) is 104 Å². The predicted molar refractivity (Wildman–Crippen MR) is 228 cm³/mol. The molecule has 4 aliphatic rings. The Hall–Kier alpha value is -6.51. The molecule has 0 saturated heterocycles. The van der Waals surface area contributed by atoms with Crippen molar-refractivity contribution in [3.63, 3.8) is 0 Å². The molecule has 2 heterocycles. The number of aliphatic imine (C=N–C) groups is 1. The minimum atomic E-state index is -0.0599. The van der Waals surface area contributed by atoms with Crippen LogP contribution in [0.5, 0.6) is 0 Å². The van der Waals surface area contributed by atoms with Crippen LogP contribution in [0.1, 0.15) is 54.0 Å². The highest BCUT2D eigenvalue weighted by Crippen LogP contribution is 2.69. The Bertz CT molecular complexity index is 3230. The molecule has 3 aliphatic carbocycles. The molecule has 0 radical (unpaired) electrons. The van der Waals surface area contributed by atoms with Gasteiger partial charge in [0.2, 0.25) is 0 Å². The van der Waals surface area contributed by atoms with Gasteiger partial charge in [0, 0.05) is 44.2 Å². The van der Waals surface area contributed by atoms with Crippen molar-refractivity contribution in [3.8, 4) is 39.1 Å². The van der Waals surface area contributed by atoms with Crippen LogP contribution in [0.3, 0.4) is 0 Å². The second-order valence-electron chi connectivity index (χ2n) is 16.7. The molecular formula is C53H36N2. The molecule has 1 aliphatic heterocycles. The third-order valence-electron chi connectivity index (χ3n) is 13.7. The maximum Gasteiger partial charge on any atom is 0.0668 e. The lowest BCUT2D eigenvalue weighted by atomic mass is 9.72. The van der Waals surface area contributed by atoms with Gasteiger partial charge in [0.05, 0.1) is 22.4 Å². The molecule has 258 valence electrons. The maximum atomic E-state index is 5.44. The molecule has 0 bridgehead atoms. The van der Waals surface area contributed by atoms with Gasteiger partial charge in [-0.1, -0.05) is 141 Å². The summed E-state index contributed by atoms with van der Waals surface area (Å²) in [6, 6.07) is 61.6. The molecular weight excluding hydrogens is 665 g/mol. The number of fused-ring (bicyclic) bond motifs is 14. The molecule has 2 unspecified atom stereocenters. The van der Waals surface area contributed by atoms with Crippen molar-refractivity contribution < 1.29 is 0 Å². The summed E-state index contributed by atoms with van der Waals surface area (Å²) >= 11 is 0. The van der Waals surface area contributed by atoms with Crippen LogP contribution in [-0.4, -0.2) is 10.3 Å². The lowest BCUT2D eigenvalue weighted by Crippen LogP contribution is -2.30. The van der Waals surface area contributed by atoms with Gasteiger partial charge < -0.3 is 4.57 Å². The zero-order valence-electron chi connectivity index (χ0n) is 30.8. The number of nitrogens with zero attached hydrogens (tertiary/aromatic N) is 2. The standard InChI is InChI=1S/C53H36N2/c1-52(2)44-19-9-5-14-34(44)36-25-23-31(27-46(36)52)41-29-43-37-16-8-12-22-49(37)55(50(43)38-17-4-3-13-33(38)41)32-24-26-39-42(28-32)35-15-6-10-20-45(35)53-30-47(53)40-18-7-11-21-48(40)54-51(39)53/h3-29,47H,30H2,1-2H3. The van der Waals surface area contributed by atoms with E-state index in [1.54, 1.807) is 0 Å². The molecule has 2 heteroatoms. The first kappa shape index (κ1) is 29.9. The summed E-state index contributed by atoms with van der Waals surface area (Å²) in [7, 11) is 0. The summed E-state index contributed by atoms with van der Waals surface area (Å²) in [5.41, 5.74) is 20.7. The summed E-state index contributed by atoms with van der Waals surface area (Å²) in [4.78, 5) is 5.44. The van der Waals surface area contributed by atoms with Crippen LogP contribution in [0.2, 0.25) is 0 Å². The molecule has 2 atom stereocenters. The van der Waals surface area contributed by atoms with E-state index in [0.29, 0.717) is 5.92 Å². The monoisotopic (exact) mass is 700 g/mol. The second kappa shape index (κ2) is 10.2. The summed E-state index contributed by atoms with van der Waals surface area (Å²) in [6.07, 6.45) is 1.12. The average molecular weight is 701 g/mol. The minimum absolute atomic E-state index is 0.0333. The van der Waals surface area contributed by atoms with Gasteiger partial charge >= 0.3 is 0 Å². The van der Waals surface area contributed by atoms with Crippen molar-refractivity contribution in [2.75, 3.05) is 0 Å². The average Bonchev–Trinajstić information content (AvgIpc) is 3.85. The van der Waals surface area contributed by atoms with Crippen LogP contribution >= 0.6 is 0 Å². The molecule has 0 amide bonds. The summed E-state index contributed by atoms with van der Waals surface area (Å²) in [6.45, 7) is 4.74. The van der Waals surface area contributed by atoms with Gasteiger partial charge in [-0.25, -0.2) is 0 Å². The number of hydrogen-bond acceptors (Lipinski definition) is 1. The Kier molecular flexibility index (Phi) is 5.52. The first-order valence-electron chi connectivity index (χ1n) is 19.6. The van der Waals surface area contributed by atoms with Crippen LogP contribution in [0.15, 0.2) is 169 Å². The van der Waals surface area contributed by atoms with Crippen molar-refractivity contribution in [2.45, 2.75) is 37.0 Å². The van der Waals surface area contributed by atoms with Crippen molar-refractivity contribution in [3.05, 3.63) is 192 Å². The van der Waals surface area contributed by atoms with E-state index in [9.17, 15) is 0 Å². The number of hydrogen-bond donors (Lipinski definition) is 0. The Morgan fingerprint density at radius 1 is 0.509 bits per heavy atom. The SMILES string of the molecule is CC1(C)c2ccccc2-c2ccc(-c3cc4c5ccccc5n(-c5ccc6c(c5)-c5ccccc5C57CC5c5ccccc5N=C67)c4c4ccccc34)cc21. The van der Waals surface area contributed by atoms with Gasteiger partial charge in [0.1, 0.15) is 0 Å². The highest BCUT2D eigenvalue weighted by Gasteiger charge is 2.64. The van der Waals surface area contributed by atoms with Crippen LogP contribution in [0, 0.1) is 0 Å². The molecule has 55 heavy (non-hydrogen) atoms. The fourth-order valence-corrected chi connectivity index (χ4v) is 11.1. The lowest BCUT2D eigenvalue weighted by Gasteiger charge is -2.34. The molecule has 1 fully saturated rings. The van der Waals surface area contributed by atoms with E-state index >= 15 is 0 Å². The summed E-state index contributed by atoms with van der Waals surface area (Å²) in [5, 5.41) is 5.08. The quantitative estimate of drug-likeness (QED) is 0.171. The van der Waals surface area contributed by atoms with Crippen molar-refractivity contribution >= 4 is 44.0 Å². The molecule has 0 N–H and O–H groups in total. The van der Waals surface area contributed by atoms with Crippen LogP contribution in [0.4, 0.5) is 5.69 Å². The van der Waals surface area contributed by atoms with E-state index in [1.165, 1.54) is 105 Å². The molecule has 8 aromatic carbocycles. The zero-order valence-corrected chi connectivity index (χ0v) is 30.8. The molecule has 1 saturated carbocycles. The number of rotatable bonds is 2. The first-order valence-corrected chi connectivity index (χ1v) is 19.6. The Morgan fingerprint density at radius 2 is 1.18 bits per heavy atom. The zero-order chi connectivity index (χ0) is 36.2. The fourth-order valence-electron chi connectivity index (χ4n) is 11.1. The lowest BCUT2D eigenvalue weighted by molar-refractivity contribution is 0.660. The molecule has 1 aromatic heterocycles. The molecule has 1 spiro atoms. The van der Waals surface area contributed by atoms with Crippen LogP contribution < -0.4 is 0 Å². The third-order valence-corrected chi connectivity index (χ3v) is 13.7. The normalized spacial score (nSPS) is 19.2. The largest absolute Gasteiger partial charge is 0.309 e. The summed E-state index contributed by atoms with van der Waals surface area (Å²) < 4.78 is 2.52. The number of benzene rings is 8. The maximum absolute atomic E-state index is 5.44. The van der Waals surface area contributed by atoms with Crippen LogP contribution in [-0.2, 0) is 10.8 Å². The second-order valence-corrected chi connectivity index (χ2v) is 16.7. The third kappa shape index (κ3) is 3.68. The Morgan fingerprint density at radius 3 is 2.05 bits per heavy atom. The topological polar surface area (TPSA) is 17.3 Å². The van der Waals surface area contributed by atoms with E-state index in [0.717, 1.165) is 12.1 Å².